The molecule has 2 aromatic rings. The highest BCUT2D eigenvalue weighted by Gasteiger charge is 2.29. The molecule has 3 rings (SSSR count). The van der Waals surface area contributed by atoms with Crippen molar-refractivity contribution in [1.82, 2.24) is 5.32 Å². The molecule has 2 amide bonds. The Morgan fingerprint density at radius 3 is 2.81 bits per heavy atom. The van der Waals surface area contributed by atoms with Crippen LogP contribution >= 0.6 is 23.4 Å². The van der Waals surface area contributed by atoms with Crippen LogP contribution in [-0.4, -0.2) is 37.3 Å². The maximum absolute atomic E-state index is 12.2. The van der Waals surface area contributed by atoms with Gasteiger partial charge in [-0.3, -0.25) is 9.59 Å². The number of carbonyl (C=O) groups is 2. The molecule has 0 saturated carbocycles. The molecule has 2 aromatic carbocycles. The zero-order valence-corrected chi connectivity index (χ0v) is 16.2. The van der Waals surface area contributed by atoms with Crippen molar-refractivity contribution in [1.29, 1.82) is 0 Å². The number of nitrogens with one attached hydrogen (secondary N) is 2. The van der Waals surface area contributed by atoms with Crippen molar-refractivity contribution in [3.8, 4) is 11.5 Å². The molecule has 1 heterocycles. The van der Waals surface area contributed by atoms with Crippen LogP contribution in [0.25, 0.3) is 0 Å². The molecule has 8 heteroatoms. The number of fused-ring (bicyclic) bond motifs is 1. The number of rotatable bonds is 7. The molecular formula is C19H19ClN2O4S. The van der Waals surface area contributed by atoms with Crippen LogP contribution in [-0.2, 0) is 9.59 Å². The Kier molecular flexibility index (Phi) is 6.47. The van der Waals surface area contributed by atoms with E-state index in [2.05, 4.69) is 10.6 Å². The minimum absolute atomic E-state index is 0.0905. The van der Waals surface area contributed by atoms with Gasteiger partial charge in [-0.1, -0.05) is 23.7 Å². The number of hydrogen-bond acceptors (Lipinski definition) is 5. The average Bonchev–Trinajstić information content (AvgIpc) is 2.66. The highest BCUT2D eigenvalue weighted by molar-refractivity contribution is 8.01. The number of ether oxygens (including phenoxy) is 2. The number of halogens is 1. The second-order valence-electron chi connectivity index (χ2n) is 5.79. The van der Waals surface area contributed by atoms with Crippen molar-refractivity contribution in [2.45, 2.75) is 16.6 Å². The first-order chi connectivity index (χ1) is 13.1. The molecule has 1 aliphatic rings. The summed E-state index contributed by atoms with van der Waals surface area (Å²) in [6.07, 6.45) is 0.0905. The molecule has 2 N–H and O–H groups in total. The SMILES string of the molecule is COc1ccccc1OCCNC(=O)CC1Sc2ccc(Cl)cc2NC1=O. The second kappa shape index (κ2) is 9.01. The lowest BCUT2D eigenvalue weighted by Crippen LogP contribution is -2.36. The van der Waals surface area contributed by atoms with Crippen LogP contribution in [0.4, 0.5) is 5.69 Å². The van der Waals surface area contributed by atoms with Crippen LogP contribution in [0, 0.1) is 0 Å². The Hall–Kier alpha value is -2.38. The van der Waals surface area contributed by atoms with Crippen LogP contribution in [0.5, 0.6) is 11.5 Å². The molecule has 0 fully saturated rings. The van der Waals surface area contributed by atoms with E-state index in [0.717, 1.165) is 4.90 Å². The molecule has 0 radical (unpaired) electrons. The highest BCUT2D eigenvalue weighted by atomic mass is 35.5. The molecular weight excluding hydrogens is 388 g/mol. The van der Waals surface area contributed by atoms with E-state index in [9.17, 15) is 9.59 Å². The second-order valence-corrected chi connectivity index (χ2v) is 7.47. The first-order valence-electron chi connectivity index (χ1n) is 8.36. The molecule has 142 valence electrons. The number of para-hydroxylation sites is 2. The standard InChI is InChI=1S/C19H19ClN2O4S/c1-25-14-4-2-3-5-15(14)26-9-8-21-18(23)11-17-19(24)22-13-10-12(20)6-7-16(13)27-17/h2-7,10,17H,8-9,11H2,1H3,(H,21,23)(H,22,24). The summed E-state index contributed by atoms with van der Waals surface area (Å²) >= 11 is 7.30. The minimum Gasteiger partial charge on any atom is -0.493 e. The lowest BCUT2D eigenvalue weighted by Gasteiger charge is -2.23. The first kappa shape index (κ1) is 19.4. The zero-order chi connectivity index (χ0) is 19.2. The maximum Gasteiger partial charge on any atom is 0.238 e. The van der Waals surface area contributed by atoms with Crippen LogP contribution < -0.4 is 20.1 Å². The monoisotopic (exact) mass is 406 g/mol. The fourth-order valence-corrected chi connectivity index (χ4v) is 3.85. The van der Waals surface area contributed by atoms with Crippen molar-refractivity contribution in [2.24, 2.45) is 0 Å². The van der Waals surface area contributed by atoms with Crippen LogP contribution in [0.15, 0.2) is 47.4 Å². The van der Waals surface area contributed by atoms with Crippen molar-refractivity contribution < 1.29 is 19.1 Å². The quantitative estimate of drug-likeness (QED) is 0.689. The summed E-state index contributed by atoms with van der Waals surface area (Å²) in [6, 6.07) is 12.6. The topological polar surface area (TPSA) is 76.7 Å². The van der Waals surface area contributed by atoms with E-state index in [1.807, 2.05) is 18.2 Å². The maximum atomic E-state index is 12.2. The number of benzene rings is 2. The Balaban J connectivity index is 1.45. The van der Waals surface area contributed by atoms with Gasteiger partial charge in [-0.05, 0) is 30.3 Å². The van der Waals surface area contributed by atoms with E-state index < -0.39 is 5.25 Å². The first-order valence-corrected chi connectivity index (χ1v) is 9.62. The van der Waals surface area contributed by atoms with Gasteiger partial charge < -0.3 is 20.1 Å². The highest BCUT2D eigenvalue weighted by Crippen LogP contribution is 2.38. The normalized spacial score (nSPS) is 15.5. The molecule has 1 unspecified atom stereocenters. The van der Waals surface area contributed by atoms with Gasteiger partial charge in [-0.2, -0.15) is 0 Å². The molecule has 0 spiro atoms. The Labute approximate surface area is 166 Å². The summed E-state index contributed by atoms with van der Waals surface area (Å²) < 4.78 is 10.8. The van der Waals surface area contributed by atoms with Gasteiger partial charge in [0.2, 0.25) is 11.8 Å². The third kappa shape index (κ3) is 5.08. The summed E-state index contributed by atoms with van der Waals surface area (Å²) in [5.41, 5.74) is 0.680. The van der Waals surface area contributed by atoms with Gasteiger partial charge in [0.1, 0.15) is 6.61 Å². The Morgan fingerprint density at radius 1 is 1.26 bits per heavy atom. The van der Waals surface area contributed by atoms with Crippen molar-refractivity contribution in [3.63, 3.8) is 0 Å². The van der Waals surface area contributed by atoms with E-state index in [0.29, 0.717) is 35.4 Å². The van der Waals surface area contributed by atoms with Gasteiger partial charge in [0.25, 0.3) is 0 Å². The van der Waals surface area contributed by atoms with Gasteiger partial charge in [0.05, 0.1) is 24.6 Å². The smallest absolute Gasteiger partial charge is 0.238 e. The summed E-state index contributed by atoms with van der Waals surface area (Å²) in [5, 5.41) is 5.65. The van der Waals surface area contributed by atoms with E-state index >= 15 is 0 Å². The molecule has 1 atom stereocenters. The number of amides is 2. The number of methoxy groups -OCH3 is 1. The lowest BCUT2D eigenvalue weighted by atomic mass is 10.2. The van der Waals surface area contributed by atoms with Crippen molar-refractivity contribution in [3.05, 3.63) is 47.5 Å². The zero-order valence-electron chi connectivity index (χ0n) is 14.7. The van der Waals surface area contributed by atoms with Crippen LogP contribution in [0.1, 0.15) is 6.42 Å². The molecule has 0 saturated heterocycles. The number of carbonyl (C=O) groups excluding carboxylic acids is 2. The van der Waals surface area contributed by atoms with Gasteiger partial charge in [-0.25, -0.2) is 0 Å². The van der Waals surface area contributed by atoms with Gasteiger partial charge in [0, 0.05) is 16.3 Å². The summed E-state index contributed by atoms with van der Waals surface area (Å²) in [6.45, 7) is 0.638. The third-order valence-electron chi connectivity index (χ3n) is 3.88. The third-order valence-corrected chi connectivity index (χ3v) is 5.39. The van der Waals surface area contributed by atoms with E-state index in [1.165, 1.54) is 11.8 Å². The van der Waals surface area contributed by atoms with E-state index in [-0.39, 0.29) is 18.2 Å². The van der Waals surface area contributed by atoms with E-state index in [4.69, 9.17) is 21.1 Å². The number of anilines is 1. The molecule has 0 aliphatic carbocycles. The Bertz CT molecular complexity index is 846. The molecule has 0 aromatic heterocycles. The van der Waals surface area contributed by atoms with Gasteiger partial charge in [-0.15, -0.1) is 11.8 Å². The summed E-state index contributed by atoms with van der Waals surface area (Å²) in [7, 11) is 1.57. The van der Waals surface area contributed by atoms with Crippen molar-refractivity contribution in [2.75, 3.05) is 25.6 Å². The predicted molar refractivity (Wildman–Crippen MR) is 106 cm³/mol. The molecule has 0 bridgehead atoms. The lowest BCUT2D eigenvalue weighted by molar-refractivity contribution is -0.124. The van der Waals surface area contributed by atoms with Gasteiger partial charge >= 0.3 is 0 Å². The Morgan fingerprint density at radius 2 is 2.04 bits per heavy atom. The number of thioether (sulfide) groups is 1. The summed E-state index contributed by atoms with van der Waals surface area (Å²) in [5.74, 6) is 0.850. The largest absolute Gasteiger partial charge is 0.493 e. The molecule has 1 aliphatic heterocycles. The fourth-order valence-electron chi connectivity index (χ4n) is 2.59. The van der Waals surface area contributed by atoms with E-state index in [1.54, 1.807) is 31.4 Å². The van der Waals surface area contributed by atoms with Crippen molar-refractivity contribution >= 4 is 40.9 Å². The fraction of sp³-hybridized carbons (Fsp3) is 0.263. The molecule has 27 heavy (non-hydrogen) atoms. The van der Waals surface area contributed by atoms with Gasteiger partial charge in [0.15, 0.2) is 11.5 Å². The van der Waals surface area contributed by atoms with Crippen LogP contribution in [0.2, 0.25) is 5.02 Å². The minimum atomic E-state index is -0.478. The van der Waals surface area contributed by atoms with Crippen LogP contribution in [0.3, 0.4) is 0 Å². The molecule has 6 nitrogen and oxygen atoms in total. The predicted octanol–water partition coefficient (Wildman–Crippen LogP) is 3.35. The number of hydrogen-bond donors (Lipinski definition) is 2. The average molecular weight is 407 g/mol. The summed E-state index contributed by atoms with van der Waals surface area (Å²) in [4.78, 5) is 25.2.